The molecule has 1 saturated heterocycles. The molecule has 3 aromatic rings. The van der Waals surface area contributed by atoms with Gasteiger partial charge in [0.25, 0.3) is 11.8 Å². The molecule has 1 amide bonds. The van der Waals surface area contributed by atoms with E-state index in [-0.39, 0.29) is 34.9 Å². The number of hydrogen-bond acceptors (Lipinski definition) is 9. The van der Waals surface area contributed by atoms with Crippen molar-refractivity contribution in [1.29, 1.82) is 0 Å². The molecule has 2 aliphatic heterocycles. The first kappa shape index (κ1) is 21.8. The molecule has 5 heterocycles. The second-order valence-electron chi connectivity index (χ2n) is 10.2. The normalized spacial score (nSPS) is 29.4. The van der Waals surface area contributed by atoms with Crippen molar-refractivity contribution in [1.82, 2.24) is 25.5 Å². The summed E-state index contributed by atoms with van der Waals surface area (Å²) in [6, 6.07) is 5.33. The Bertz CT molecular complexity index is 1420. The zero-order valence-electron chi connectivity index (χ0n) is 19.8. The third-order valence-corrected chi connectivity index (χ3v) is 8.58. The summed E-state index contributed by atoms with van der Waals surface area (Å²) in [6.45, 7) is 1.06. The molecule has 3 aromatic heterocycles. The van der Waals surface area contributed by atoms with Gasteiger partial charge in [-0.3, -0.25) is 9.78 Å². The minimum atomic E-state index is -0.353. The summed E-state index contributed by atoms with van der Waals surface area (Å²) >= 11 is 0. The van der Waals surface area contributed by atoms with Crippen LogP contribution in [0, 0.1) is 11.2 Å². The molecule has 0 radical (unpaired) electrons. The molecule has 3 fully saturated rings. The maximum absolute atomic E-state index is 14.9. The van der Waals surface area contributed by atoms with E-state index in [2.05, 4.69) is 30.8 Å². The van der Waals surface area contributed by atoms with Gasteiger partial charge in [0.2, 0.25) is 5.88 Å². The van der Waals surface area contributed by atoms with Crippen LogP contribution in [0.5, 0.6) is 11.8 Å². The molecule has 36 heavy (non-hydrogen) atoms. The third kappa shape index (κ3) is 2.99. The van der Waals surface area contributed by atoms with E-state index in [4.69, 9.17) is 14.2 Å². The van der Waals surface area contributed by atoms with Crippen molar-refractivity contribution in [3.8, 4) is 11.8 Å². The number of nitrogens with one attached hydrogen (secondary N) is 2. The Balaban J connectivity index is 1.07. The number of amides is 1. The van der Waals surface area contributed by atoms with Crippen molar-refractivity contribution in [2.45, 2.75) is 49.8 Å². The topological polar surface area (TPSA) is 120 Å². The van der Waals surface area contributed by atoms with E-state index in [1.54, 1.807) is 25.3 Å². The van der Waals surface area contributed by atoms with Crippen LogP contribution in [0.15, 0.2) is 24.4 Å². The molecule has 11 heteroatoms. The Morgan fingerprint density at radius 1 is 1.28 bits per heavy atom. The number of nitrogens with zero attached hydrogens (tertiary/aromatic N) is 4. The summed E-state index contributed by atoms with van der Waals surface area (Å²) in [5, 5.41) is 14.8. The number of fused-ring (bicyclic) bond motifs is 2. The average Bonchev–Trinajstić information content (AvgIpc) is 3.55. The van der Waals surface area contributed by atoms with Gasteiger partial charge < -0.3 is 24.8 Å². The van der Waals surface area contributed by atoms with Gasteiger partial charge in [-0.15, -0.1) is 5.10 Å². The number of carbonyl (C=O) groups excluding carboxylic acids is 1. The minimum absolute atomic E-state index is 0.0450. The molecule has 3 unspecified atom stereocenters. The van der Waals surface area contributed by atoms with E-state index < -0.39 is 0 Å². The molecule has 0 aromatic carbocycles. The summed E-state index contributed by atoms with van der Waals surface area (Å²) in [4.78, 5) is 20.3. The highest BCUT2D eigenvalue weighted by Crippen LogP contribution is 2.79. The Morgan fingerprint density at radius 3 is 3.03 bits per heavy atom. The van der Waals surface area contributed by atoms with Crippen LogP contribution in [0.2, 0.25) is 0 Å². The lowest BCUT2D eigenvalue weighted by Gasteiger charge is -2.47. The number of rotatable bonds is 7. The highest BCUT2D eigenvalue weighted by molar-refractivity contribution is 5.94. The van der Waals surface area contributed by atoms with Crippen LogP contribution in [-0.4, -0.2) is 57.5 Å². The number of aryl methyl sites for hydroxylation is 1. The number of methoxy groups -OCH3 is 1. The lowest BCUT2D eigenvalue weighted by atomic mass is 9.62. The van der Waals surface area contributed by atoms with E-state index in [0.29, 0.717) is 60.0 Å². The molecule has 10 nitrogen and oxygen atoms in total. The summed E-state index contributed by atoms with van der Waals surface area (Å²) in [6.07, 6.45) is 5.55. The second kappa shape index (κ2) is 7.53. The summed E-state index contributed by atoms with van der Waals surface area (Å²) in [5.41, 5.74) is 2.65. The summed E-state index contributed by atoms with van der Waals surface area (Å²) in [5.74, 6) is 0.218. The van der Waals surface area contributed by atoms with E-state index >= 15 is 0 Å². The van der Waals surface area contributed by atoms with Gasteiger partial charge in [-0.05, 0) is 44.2 Å². The Morgan fingerprint density at radius 2 is 2.19 bits per heavy atom. The molecular formula is C25H25FN6O4. The van der Waals surface area contributed by atoms with Gasteiger partial charge in [-0.2, -0.15) is 5.10 Å². The first-order valence-corrected chi connectivity index (χ1v) is 12.1. The smallest absolute Gasteiger partial charge is 0.262 e. The van der Waals surface area contributed by atoms with Crippen molar-refractivity contribution >= 4 is 22.6 Å². The number of halogens is 1. The van der Waals surface area contributed by atoms with Gasteiger partial charge in [0.1, 0.15) is 11.5 Å². The van der Waals surface area contributed by atoms with E-state index in [1.165, 1.54) is 6.20 Å². The fourth-order valence-electron chi connectivity index (χ4n) is 6.52. The van der Waals surface area contributed by atoms with Crippen molar-refractivity contribution in [2.75, 3.05) is 25.6 Å². The van der Waals surface area contributed by atoms with Gasteiger partial charge in [0.15, 0.2) is 6.61 Å². The first-order valence-electron chi connectivity index (χ1n) is 12.1. The van der Waals surface area contributed by atoms with Crippen molar-refractivity contribution in [3.05, 3.63) is 41.5 Å². The number of aromatic nitrogens is 4. The van der Waals surface area contributed by atoms with Crippen LogP contribution in [0.25, 0.3) is 11.0 Å². The zero-order valence-corrected chi connectivity index (χ0v) is 19.8. The lowest BCUT2D eigenvalue weighted by molar-refractivity contribution is -0.122. The van der Waals surface area contributed by atoms with Gasteiger partial charge in [-0.25, -0.2) is 9.37 Å². The number of hydrogen-bond donors (Lipinski definition) is 2. The van der Waals surface area contributed by atoms with E-state index in [1.807, 2.05) is 0 Å². The van der Waals surface area contributed by atoms with Crippen molar-refractivity contribution in [3.63, 3.8) is 0 Å². The Kier molecular flexibility index (Phi) is 4.56. The predicted octanol–water partition coefficient (Wildman–Crippen LogP) is 2.31. The number of carbonyl (C=O) groups is 1. The van der Waals surface area contributed by atoms with Crippen LogP contribution < -0.4 is 20.1 Å². The molecule has 0 bridgehead atoms. The third-order valence-electron chi connectivity index (χ3n) is 8.58. The summed E-state index contributed by atoms with van der Waals surface area (Å²) in [7, 11) is 1.54. The maximum Gasteiger partial charge on any atom is 0.262 e. The van der Waals surface area contributed by atoms with E-state index in [9.17, 15) is 9.18 Å². The number of ether oxygens (including phenoxy) is 3. The highest BCUT2D eigenvalue weighted by Gasteiger charge is 2.84. The molecule has 1 spiro atoms. The number of anilines is 1. The molecule has 2 N–H and O–H groups in total. The van der Waals surface area contributed by atoms with Crippen LogP contribution >= 0.6 is 0 Å². The van der Waals surface area contributed by atoms with Crippen LogP contribution in [-0.2, 0) is 22.5 Å². The molecule has 7 rings (SSSR count). The Hall–Kier alpha value is -3.44. The summed E-state index contributed by atoms with van der Waals surface area (Å²) < 4.78 is 31.8. The monoisotopic (exact) mass is 492 g/mol. The lowest BCUT2D eigenvalue weighted by Crippen LogP contribution is -2.51. The Labute approximate surface area is 206 Å². The van der Waals surface area contributed by atoms with E-state index in [0.717, 1.165) is 25.0 Å². The maximum atomic E-state index is 14.9. The largest absolute Gasteiger partial charge is 0.481 e. The molecule has 186 valence electrons. The van der Waals surface area contributed by atoms with Gasteiger partial charge in [-0.1, -0.05) is 0 Å². The average molecular weight is 493 g/mol. The molecule has 2 aliphatic carbocycles. The minimum Gasteiger partial charge on any atom is -0.481 e. The fourth-order valence-corrected chi connectivity index (χ4v) is 6.52. The SMILES string of the molecule is COc1ccc2ncc(F)c(CCC34CCC35CC5(NCc3cc5c(nn3)OCC(=O)N5)CO4)c2n1. The quantitative estimate of drug-likeness (QED) is 0.512. The zero-order chi connectivity index (χ0) is 24.5. The van der Waals surface area contributed by atoms with Crippen LogP contribution in [0.1, 0.15) is 36.9 Å². The second-order valence-corrected chi connectivity index (χ2v) is 10.2. The fraction of sp³-hybridized carbons (Fsp3) is 0.480. The van der Waals surface area contributed by atoms with Crippen molar-refractivity contribution in [2.24, 2.45) is 5.41 Å². The van der Waals surface area contributed by atoms with Crippen LogP contribution in [0.4, 0.5) is 10.1 Å². The molecule has 4 aliphatic rings. The van der Waals surface area contributed by atoms with Gasteiger partial charge in [0, 0.05) is 23.6 Å². The predicted molar refractivity (Wildman–Crippen MR) is 125 cm³/mol. The van der Waals surface area contributed by atoms with Gasteiger partial charge in [0.05, 0.1) is 47.8 Å². The molecule has 3 atom stereocenters. The highest BCUT2D eigenvalue weighted by atomic mass is 19.1. The number of pyridine rings is 2. The van der Waals surface area contributed by atoms with Gasteiger partial charge >= 0.3 is 0 Å². The molecule has 2 saturated carbocycles. The van der Waals surface area contributed by atoms with Crippen LogP contribution in [0.3, 0.4) is 0 Å². The standard InChI is InChI=1S/C25H25FN6O4/c1-34-20-3-2-17-21(30-20)15(16(26)10-27-17)4-5-25-7-6-23(25)12-24(23,13-36-25)28-9-14-8-18-22(32-31-14)35-11-19(33)29-18/h2-3,8,10,28H,4-7,9,11-13H2,1H3,(H,29,33). The van der Waals surface area contributed by atoms with Crippen molar-refractivity contribution < 1.29 is 23.4 Å². The first-order chi connectivity index (χ1) is 17.5. The molecular weight excluding hydrogens is 467 g/mol.